The van der Waals surface area contributed by atoms with Gasteiger partial charge in [0.2, 0.25) is 0 Å². The van der Waals surface area contributed by atoms with Crippen LogP contribution in [0.1, 0.15) is 24.0 Å². The molecule has 0 radical (unpaired) electrons. The largest absolute Gasteiger partial charge is 0.434 e. The van der Waals surface area contributed by atoms with Crippen LogP contribution in [0.25, 0.3) is 0 Å². The van der Waals surface area contributed by atoms with E-state index in [4.69, 9.17) is 0 Å². The van der Waals surface area contributed by atoms with Gasteiger partial charge in [-0.3, -0.25) is 4.99 Å². The second kappa shape index (κ2) is 8.35. The SMILES string of the molecule is CN=C(NCc1cc(C)ccc1OC(F)F)NC1CC1.I. The molecule has 1 saturated carbocycles. The molecule has 7 heteroatoms. The number of halogens is 3. The van der Waals surface area contributed by atoms with E-state index in [1.54, 1.807) is 19.2 Å². The number of benzene rings is 1. The zero-order valence-corrected chi connectivity index (χ0v) is 14.4. The van der Waals surface area contributed by atoms with Crippen molar-refractivity contribution in [2.75, 3.05) is 7.05 Å². The molecule has 2 rings (SSSR count). The topological polar surface area (TPSA) is 45.7 Å². The number of hydrogen-bond acceptors (Lipinski definition) is 2. The smallest absolute Gasteiger partial charge is 0.387 e. The fourth-order valence-corrected chi connectivity index (χ4v) is 1.85. The number of guanidine groups is 1. The molecule has 0 aliphatic heterocycles. The number of aryl methyl sites for hydroxylation is 1. The lowest BCUT2D eigenvalue weighted by atomic mass is 10.1. The van der Waals surface area contributed by atoms with E-state index in [1.807, 2.05) is 13.0 Å². The van der Waals surface area contributed by atoms with Crippen molar-refractivity contribution in [1.82, 2.24) is 10.6 Å². The number of aliphatic imine (C=N–C) groups is 1. The van der Waals surface area contributed by atoms with Crippen LogP contribution in [0.2, 0.25) is 0 Å². The van der Waals surface area contributed by atoms with Crippen LogP contribution in [-0.4, -0.2) is 25.7 Å². The molecule has 1 fully saturated rings. The maximum absolute atomic E-state index is 12.4. The Labute approximate surface area is 140 Å². The Morgan fingerprint density at radius 1 is 1.43 bits per heavy atom. The number of ether oxygens (including phenoxy) is 1. The predicted octanol–water partition coefficient (Wildman–Crippen LogP) is 3.04. The number of hydrogen-bond donors (Lipinski definition) is 2. The highest BCUT2D eigenvalue weighted by atomic mass is 127. The van der Waals surface area contributed by atoms with Gasteiger partial charge in [-0.05, 0) is 25.8 Å². The lowest BCUT2D eigenvalue weighted by Crippen LogP contribution is -2.38. The van der Waals surface area contributed by atoms with E-state index in [0.29, 0.717) is 24.1 Å². The zero-order chi connectivity index (χ0) is 14.5. The number of alkyl halides is 2. The van der Waals surface area contributed by atoms with E-state index in [1.165, 1.54) is 0 Å². The molecule has 0 bridgehead atoms. The summed E-state index contributed by atoms with van der Waals surface area (Å²) in [7, 11) is 1.69. The summed E-state index contributed by atoms with van der Waals surface area (Å²) in [5.74, 6) is 0.872. The number of rotatable bonds is 5. The summed E-state index contributed by atoms with van der Waals surface area (Å²) < 4.78 is 29.3. The van der Waals surface area contributed by atoms with Crippen molar-refractivity contribution in [2.45, 2.75) is 39.0 Å². The first-order valence-electron chi connectivity index (χ1n) is 6.60. The van der Waals surface area contributed by atoms with E-state index in [2.05, 4.69) is 20.4 Å². The van der Waals surface area contributed by atoms with Gasteiger partial charge in [0.05, 0.1) is 0 Å². The molecule has 4 nitrogen and oxygen atoms in total. The predicted molar refractivity (Wildman–Crippen MR) is 89.6 cm³/mol. The minimum Gasteiger partial charge on any atom is -0.434 e. The average Bonchev–Trinajstić information content (AvgIpc) is 3.20. The van der Waals surface area contributed by atoms with Crippen molar-refractivity contribution in [2.24, 2.45) is 4.99 Å². The van der Waals surface area contributed by atoms with Gasteiger partial charge in [-0.15, -0.1) is 24.0 Å². The van der Waals surface area contributed by atoms with Gasteiger partial charge in [0.15, 0.2) is 5.96 Å². The Hall–Kier alpha value is -1.12. The first-order chi connectivity index (χ1) is 9.58. The summed E-state index contributed by atoms with van der Waals surface area (Å²) in [5.41, 5.74) is 1.68. The molecule has 0 saturated heterocycles. The molecule has 1 aliphatic carbocycles. The molecule has 0 heterocycles. The third-order valence-corrected chi connectivity index (χ3v) is 3.02. The van der Waals surface area contributed by atoms with Crippen LogP contribution in [-0.2, 0) is 6.54 Å². The normalized spacial score (nSPS) is 14.6. The summed E-state index contributed by atoms with van der Waals surface area (Å²) >= 11 is 0. The molecular formula is C14H20F2IN3O. The second-order valence-electron chi connectivity index (χ2n) is 4.83. The van der Waals surface area contributed by atoms with Gasteiger partial charge in [-0.1, -0.05) is 17.7 Å². The number of nitrogens with one attached hydrogen (secondary N) is 2. The maximum Gasteiger partial charge on any atom is 0.387 e. The molecule has 0 atom stereocenters. The summed E-state index contributed by atoms with van der Waals surface area (Å²) in [5, 5.41) is 6.35. The van der Waals surface area contributed by atoms with Gasteiger partial charge in [0.25, 0.3) is 0 Å². The van der Waals surface area contributed by atoms with Crippen molar-refractivity contribution in [1.29, 1.82) is 0 Å². The second-order valence-corrected chi connectivity index (χ2v) is 4.83. The lowest BCUT2D eigenvalue weighted by molar-refractivity contribution is -0.0504. The Bertz CT molecular complexity index is 493. The van der Waals surface area contributed by atoms with Crippen LogP contribution in [0, 0.1) is 6.92 Å². The molecule has 1 aromatic rings. The minimum absolute atomic E-state index is 0. The summed E-state index contributed by atoms with van der Waals surface area (Å²) in [6.45, 7) is -0.524. The standard InChI is InChI=1S/C14H19F2N3O.HI/c1-9-3-6-12(20-13(15)16)10(7-9)8-18-14(17-2)19-11-4-5-11;/h3,6-7,11,13H,4-5,8H2,1-2H3,(H2,17,18,19);1H. The van der Waals surface area contributed by atoms with E-state index >= 15 is 0 Å². The quantitative estimate of drug-likeness (QED) is 0.445. The monoisotopic (exact) mass is 411 g/mol. The molecule has 1 aromatic carbocycles. The van der Waals surface area contributed by atoms with Crippen LogP contribution in [0.3, 0.4) is 0 Å². The molecule has 0 amide bonds. The zero-order valence-electron chi connectivity index (χ0n) is 12.0. The Balaban J connectivity index is 0.00000220. The fourth-order valence-electron chi connectivity index (χ4n) is 1.85. The lowest BCUT2D eigenvalue weighted by Gasteiger charge is -2.14. The van der Waals surface area contributed by atoms with Gasteiger partial charge in [-0.25, -0.2) is 0 Å². The van der Waals surface area contributed by atoms with Crippen LogP contribution >= 0.6 is 24.0 Å². The highest BCUT2D eigenvalue weighted by Crippen LogP contribution is 2.22. The first-order valence-corrected chi connectivity index (χ1v) is 6.60. The van der Waals surface area contributed by atoms with Crippen molar-refractivity contribution in [3.8, 4) is 5.75 Å². The van der Waals surface area contributed by atoms with Gasteiger partial charge in [0.1, 0.15) is 5.75 Å². The summed E-state index contributed by atoms with van der Waals surface area (Å²) in [6, 6.07) is 5.62. The van der Waals surface area contributed by atoms with E-state index in [0.717, 1.165) is 18.4 Å². The third-order valence-electron chi connectivity index (χ3n) is 3.02. The Morgan fingerprint density at radius 3 is 2.71 bits per heavy atom. The van der Waals surface area contributed by atoms with Gasteiger partial charge < -0.3 is 15.4 Å². The van der Waals surface area contributed by atoms with Crippen molar-refractivity contribution >= 4 is 29.9 Å². The van der Waals surface area contributed by atoms with Crippen molar-refractivity contribution < 1.29 is 13.5 Å². The van der Waals surface area contributed by atoms with Crippen LogP contribution < -0.4 is 15.4 Å². The molecule has 21 heavy (non-hydrogen) atoms. The highest BCUT2D eigenvalue weighted by Gasteiger charge is 2.22. The molecule has 0 spiro atoms. The molecule has 0 unspecified atom stereocenters. The average molecular weight is 411 g/mol. The van der Waals surface area contributed by atoms with E-state index in [9.17, 15) is 8.78 Å². The maximum atomic E-state index is 12.4. The van der Waals surface area contributed by atoms with Crippen LogP contribution in [0.4, 0.5) is 8.78 Å². The van der Waals surface area contributed by atoms with Crippen molar-refractivity contribution in [3.05, 3.63) is 29.3 Å². The van der Waals surface area contributed by atoms with Crippen molar-refractivity contribution in [3.63, 3.8) is 0 Å². The molecule has 1 aliphatic rings. The first kappa shape index (κ1) is 17.9. The minimum atomic E-state index is -2.82. The fraction of sp³-hybridized carbons (Fsp3) is 0.500. The molecule has 0 aromatic heterocycles. The van der Waals surface area contributed by atoms with E-state index in [-0.39, 0.29) is 29.7 Å². The Kier molecular flexibility index (Phi) is 7.13. The van der Waals surface area contributed by atoms with Crippen LogP contribution in [0.15, 0.2) is 23.2 Å². The summed E-state index contributed by atoms with van der Waals surface area (Å²) in [4.78, 5) is 4.10. The highest BCUT2D eigenvalue weighted by molar-refractivity contribution is 14.0. The summed E-state index contributed by atoms with van der Waals surface area (Å²) in [6.07, 6.45) is 2.29. The van der Waals surface area contributed by atoms with Crippen LogP contribution in [0.5, 0.6) is 5.75 Å². The number of nitrogens with zero attached hydrogens (tertiary/aromatic N) is 1. The van der Waals surface area contributed by atoms with Gasteiger partial charge in [-0.2, -0.15) is 8.78 Å². The third kappa shape index (κ3) is 6.03. The van der Waals surface area contributed by atoms with Gasteiger partial charge >= 0.3 is 6.61 Å². The van der Waals surface area contributed by atoms with E-state index < -0.39 is 6.61 Å². The molecular weight excluding hydrogens is 391 g/mol. The molecule has 2 N–H and O–H groups in total. The Morgan fingerprint density at radius 2 is 2.14 bits per heavy atom. The molecule has 118 valence electrons. The van der Waals surface area contributed by atoms with Gasteiger partial charge in [0, 0.05) is 25.2 Å².